The Labute approximate surface area is 207 Å². The fourth-order valence-corrected chi connectivity index (χ4v) is 3.96. The molecule has 36 heavy (non-hydrogen) atoms. The molecule has 0 radical (unpaired) electrons. The minimum absolute atomic E-state index is 0.0759. The summed E-state index contributed by atoms with van der Waals surface area (Å²) in [4.78, 5) is 28.7. The lowest BCUT2D eigenvalue weighted by Gasteiger charge is -2.27. The van der Waals surface area contributed by atoms with Crippen molar-refractivity contribution in [1.82, 2.24) is 24.7 Å². The molecule has 4 aromatic heterocycles. The minimum Gasteiger partial charge on any atom is -0.382 e. The number of ether oxygens (including phenoxy) is 1. The molecule has 0 aliphatic carbocycles. The van der Waals surface area contributed by atoms with E-state index in [9.17, 15) is 4.79 Å². The number of carbonyl (C=O) groups is 1. The monoisotopic (exact) mass is 483 g/mol. The standard InChI is InChI=1S/C25H25N9O2/c1-16(2)31-21-10-23(34-24-18(13-30-34)9-17(11-26)12-29-24)28-15-20(21)25(35)32-19-3-4-22(27-14-19)33-5-7-36-8-6-33/h3-4,9-10,12-16H,5-8H2,1-2H3,(H,28,31)(H,32,35). The van der Waals surface area contributed by atoms with Crippen LogP contribution in [0.4, 0.5) is 17.2 Å². The van der Waals surface area contributed by atoms with Gasteiger partial charge in [-0.05, 0) is 32.0 Å². The van der Waals surface area contributed by atoms with Gasteiger partial charge in [0.05, 0.1) is 48.1 Å². The van der Waals surface area contributed by atoms with Crippen LogP contribution in [0.3, 0.4) is 0 Å². The minimum atomic E-state index is -0.305. The largest absolute Gasteiger partial charge is 0.382 e. The summed E-state index contributed by atoms with van der Waals surface area (Å²) in [6.45, 7) is 6.93. The van der Waals surface area contributed by atoms with Gasteiger partial charge in [-0.1, -0.05) is 0 Å². The number of hydrogen-bond acceptors (Lipinski definition) is 9. The quantitative estimate of drug-likeness (QED) is 0.424. The molecule has 0 spiro atoms. The number of anilines is 3. The summed E-state index contributed by atoms with van der Waals surface area (Å²) >= 11 is 0. The Bertz CT molecular complexity index is 1430. The average molecular weight is 484 g/mol. The molecule has 1 amide bonds. The summed E-state index contributed by atoms with van der Waals surface area (Å²) in [5, 5.41) is 20.5. The molecule has 1 saturated heterocycles. The van der Waals surface area contributed by atoms with Gasteiger partial charge < -0.3 is 20.3 Å². The maximum atomic E-state index is 13.2. The highest BCUT2D eigenvalue weighted by Crippen LogP contribution is 2.23. The van der Waals surface area contributed by atoms with Gasteiger partial charge in [-0.2, -0.15) is 15.0 Å². The molecule has 2 N–H and O–H groups in total. The van der Waals surface area contributed by atoms with Gasteiger partial charge in [-0.3, -0.25) is 4.79 Å². The zero-order valence-electron chi connectivity index (χ0n) is 20.0. The van der Waals surface area contributed by atoms with E-state index < -0.39 is 0 Å². The van der Waals surface area contributed by atoms with Crippen molar-refractivity contribution in [3.05, 3.63) is 60.2 Å². The van der Waals surface area contributed by atoms with Crippen molar-refractivity contribution < 1.29 is 9.53 Å². The molecule has 1 fully saturated rings. The average Bonchev–Trinajstić information content (AvgIpc) is 3.32. The number of morpholine rings is 1. The van der Waals surface area contributed by atoms with E-state index >= 15 is 0 Å². The van der Waals surface area contributed by atoms with Crippen LogP contribution in [0.1, 0.15) is 29.8 Å². The lowest BCUT2D eigenvalue weighted by atomic mass is 10.2. The number of nitrogens with one attached hydrogen (secondary N) is 2. The Balaban J connectivity index is 1.40. The Morgan fingerprint density at radius 1 is 1.06 bits per heavy atom. The summed E-state index contributed by atoms with van der Waals surface area (Å²) in [6, 6.07) is 9.37. The third kappa shape index (κ3) is 4.80. The van der Waals surface area contributed by atoms with E-state index in [1.807, 2.05) is 26.0 Å². The number of rotatable bonds is 6. The number of fused-ring (bicyclic) bond motifs is 1. The molecule has 0 atom stereocenters. The molecule has 4 aromatic rings. The van der Waals surface area contributed by atoms with Crippen LogP contribution in [0.15, 0.2) is 49.1 Å². The van der Waals surface area contributed by atoms with Gasteiger partial charge in [0.1, 0.15) is 11.9 Å². The first-order valence-corrected chi connectivity index (χ1v) is 11.6. The highest BCUT2D eigenvalue weighted by atomic mass is 16.5. The number of nitriles is 1. The SMILES string of the molecule is CC(C)Nc1cc(-n2ncc3cc(C#N)cnc32)ncc1C(=O)Nc1ccc(N2CCOCC2)nc1. The summed E-state index contributed by atoms with van der Waals surface area (Å²) < 4.78 is 6.97. The maximum Gasteiger partial charge on any atom is 0.259 e. The summed E-state index contributed by atoms with van der Waals surface area (Å²) in [5.74, 6) is 1.05. The van der Waals surface area contributed by atoms with Gasteiger partial charge in [-0.25, -0.2) is 15.0 Å². The van der Waals surface area contributed by atoms with Gasteiger partial charge in [-0.15, -0.1) is 0 Å². The second-order valence-corrected chi connectivity index (χ2v) is 8.65. The van der Waals surface area contributed by atoms with Gasteiger partial charge in [0.25, 0.3) is 5.91 Å². The Hall–Kier alpha value is -4.56. The smallest absolute Gasteiger partial charge is 0.259 e. The first-order chi connectivity index (χ1) is 17.5. The topological polar surface area (TPSA) is 134 Å². The molecular weight excluding hydrogens is 458 g/mol. The van der Waals surface area contributed by atoms with Gasteiger partial charge in [0.15, 0.2) is 11.5 Å². The van der Waals surface area contributed by atoms with Crippen molar-refractivity contribution >= 4 is 34.1 Å². The fraction of sp³-hybridized carbons (Fsp3) is 0.280. The fourth-order valence-electron chi connectivity index (χ4n) is 3.96. The second kappa shape index (κ2) is 9.97. The van der Waals surface area contributed by atoms with E-state index in [4.69, 9.17) is 10.00 Å². The van der Waals surface area contributed by atoms with E-state index in [0.29, 0.717) is 47.2 Å². The lowest BCUT2D eigenvalue weighted by molar-refractivity contribution is 0.102. The van der Waals surface area contributed by atoms with Gasteiger partial charge in [0, 0.05) is 43.0 Å². The van der Waals surface area contributed by atoms with Crippen LogP contribution in [-0.4, -0.2) is 63.0 Å². The highest BCUT2D eigenvalue weighted by Gasteiger charge is 2.18. The molecule has 11 nitrogen and oxygen atoms in total. The lowest BCUT2D eigenvalue weighted by Crippen LogP contribution is -2.36. The molecule has 0 unspecified atom stereocenters. The van der Waals surface area contributed by atoms with E-state index in [1.54, 1.807) is 29.2 Å². The highest BCUT2D eigenvalue weighted by molar-refractivity contribution is 6.08. The molecule has 11 heteroatoms. The first-order valence-electron chi connectivity index (χ1n) is 11.6. The predicted molar refractivity (Wildman–Crippen MR) is 135 cm³/mol. The number of pyridine rings is 3. The third-order valence-corrected chi connectivity index (χ3v) is 5.67. The van der Waals surface area contributed by atoms with E-state index in [2.05, 4.69) is 41.7 Å². The first kappa shape index (κ1) is 23.2. The molecule has 5 heterocycles. The number of aromatic nitrogens is 5. The van der Waals surface area contributed by atoms with Gasteiger partial charge >= 0.3 is 0 Å². The van der Waals surface area contributed by atoms with E-state index in [-0.39, 0.29) is 11.9 Å². The van der Waals surface area contributed by atoms with Crippen LogP contribution in [-0.2, 0) is 4.74 Å². The van der Waals surface area contributed by atoms with Crippen molar-refractivity contribution in [2.45, 2.75) is 19.9 Å². The number of hydrogen-bond donors (Lipinski definition) is 2. The Morgan fingerprint density at radius 2 is 1.86 bits per heavy atom. The summed E-state index contributed by atoms with van der Waals surface area (Å²) in [5.41, 5.74) is 2.62. The Morgan fingerprint density at radius 3 is 2.58 bits per heavy atom. The van der Waals surface area contributed by atoms with Crippen LogP contribution in [0.25, 0.3) is 16.9 Å². The Kier molecular flexibility index (Phi) is 6.42. The second-order valence-electron chi connectivity index (χ2n) is 8.65. The molecular formula is C25H25N9O2. The van der Waals surface area contributed by atoms with Crippen LogP contribution < -0.4 is 15.5 Å². The van der Waals surface area contributed by atoms with Crippen LogP contribution in [0.5, 0.6) is 0 Å². The predicted octanol–water partition coefficient (Wildman–Crippen LogP) is 2.99. The molecule has 1 aliphatic heterocycles. The van der Waals surface area contributed by atoms with E-state index in [0.717, 1.165) is 24.3 Å². The maximum absolute atomic E-state index is 13.2. The molecule has 0 bridgehead atoms. The molecule has 0 aromatic carbocycles. The summed E-state index contributed by atoms with van der Waals surface area (Å²) in [6.07, 6.45) is 6.29. The van der Waals surface area contributed by atoms with Gasteiger partial charge in [0.2, 0.25) is 0 Å². The van der Waals surface area contributed by atoms with Crippen LogP contribution in [0.2, 0.25) is 0 Å². The van der Waals surface area contributed by atoms with Crippen LogP contribution >= 0.6 is 0 Å². The summed E-state index contributed by atoms with van der Waals surface area (Å²) in [7, 11) is 0. The molecule has 182 valence electrons. The van der Waals surface area contributed by atoms with Crippen molar-refractivity contribution in [2.75, 3.05) is 41.8 Å². The number of amides is 1. The molecule has 1 aliphatic rings. The van der Waals surface area contributed by atoms with Crippen molar-refractivity contribution in [2.24, 2.45) is 0 Å². The van der Waals surface area contributed by atoms with Crippen LogP contribution in [0, 0.1) is 11.3 Å². The van der Waals surface area contributed by atoms with Crippen molar-refractivity contribution in [1.29, 1.82) is 5.26 Å². The molecule has 5 rings (SSSR count). The zero-order chi connectivity index (χ0) is 25.1. The van der Waals surface area contributed by atoms with E-state index in [1.165, 1.54) is 12.4 Å². The molecule has 0 saturated carbocycles. The van der Waals surface area contributed by atoms with Crippen molar-refractivity contribution in [3.63, 3.8) is 0 Å². The number of nitrogens with zero attached hydrogens (tertiary/aromatic N) is 7. The van der Waals surface area contributed by atoms with Crippen molar-refractivity contribution in [3.8, 4) is 11.9 Å². The normalized spacial score (nSPS) is 13.6. The zero-order valence-corrected chi connectivity index (χ0v) is 20.0. The number of carbonyl (C=O) groups excluding carboxylic acids is 1. The third-order valence-electron chi connectivity index (χ3n) is 5.67.